The molecule has 3 aromatic rings. The van der Waals surface area contributed by atoms with Gasteiger partial charge in [0.1, 0.15) is 0 Å². The Kier molecular flexibility index (Phi) is 6.84. The SMILES string of the molecule is CNC(=O)[C@]1(Cc2ccc(-c3ccccc3)cc2)CCCN(Cc2c(C)nn(C)c2OC)C1. The maximum absolute atomic E-state index is 13.2. The molecule has 1 aromatic heterocycles. The lowest BCUT2D eigenvalue weighted by atomic mass is 9.74. The van der Waals surface area contributed by atoms with Gasteiger partial charge in [-0.15, -0.1) is 0 Å². The Balaban J connectivity index is 1.55. The lowest BCUT2D eigenvalue weighted by Gasteiger charge is -2.41. The van der Waals surface area contributed by atoms with E-state index in [4.69, 9.17) is 4.74 Å². The number of hydrogen-bond acceptors (Lipinski definition) is 4. The number of amides is 1. The van der Waals surface area contributed by atoms with Gasteiger partial charge in [-0.2, -0.15) is 5.10 Å². The Labute approximate surface area is 196 Å². The van der Waals surface area contributed by atoms with E-state index >= 15 is 0 Å². The molecule has 2 heterocycles. The molecule has 0 aliphatic carbocycles. The van der Waals surface area contributed by atoms with E-state index in [0.29, 0.717) is 6.54 Å². The zero-order valence-corrected chi connectivity index (χ0v) is 20.1. The predicted molar refractivity (Wildman–Crippen MR) is 131 cm³/mol. The molecule has 0 saturated carbocycles. The first kappa shape index (κ1) is 23.1. The lowest BCUT2D eigenvalue weighted by molar-refractivity contribution is -0.134. The van der Waals surface area contributed by atoms with Crippen molar-refractivity contribution in [1.82, 2.24) is 20.0 Å². The molecular formula is C27H34N4O2. The van der Waals surface area contributed by atoms with Crippen molar-refractivity contribution in [2.24, 2.45) is 12.5 Å². The highest BCUT2D eigenvalue weighted by Gasteiger charge is 2.42. The third-order valence-corrected chi connectivity index (χ3v) is 6.83. The maximum Gasteiger partial charge on any atom is 0.227 e. The number of nitrogens with one attached hydrogen (secondary N) is 1. The quantitative estimate of drug-likeness (QED) is 0.597. The fourth-order valence-corrected chi connectivity index (χ4v) is 5.22. The van der Waals surface area contributed by atoms with Crippen molar-refractivity contribution in [3.05, 3.63) is 71.4 Å². The third-order valence-electron chi connectivity index (χ3n) is 6.83. The number of aromatic nitrogens is 2. The summed E-state index contributed by atoms with van der Waals surface area (Å²) in [6.07, 6.45) is 2.59. The van der Waals surface area contributed by atoms with Crippen molar-refractivity contribution in [2.45, 2.75) is 32.7 Å². The van der Waals surface area contributed by atoms with Crippen LogP contribution in [0.3, 0.4) is 0 Å². The molecule has 4 rings (SSSR count). The summed E-state index contributed by atoms with van der Waals surface area (Å²) in [4.78, 5) is 15.6. The maximum atomic E-state index is 13.2. The van der Waals surface area contributed by atoms with E-state index in [2.05, 4.69) is 63.8 Å². The Bertz CT molecular complexity index is 1090. The summed E-state index contributed by atoms with van der Waals surface area (Å²) in [5.74, 6) is 0.911. The Morgan fingerprint density at radius 2 is 1.82 bits per heavy atom. The van der Waals surface area contributed by atoms with Crippen molar-refractivity contribution in [2.75, 3.05) is 27.2 Å². The number of benzene rings is 2. The standard InChI is InChI=1S/C27H34N4O2/c1-20-24(25(33-4)30(3)29-20)18-31-16-8-15-27(19-31,26(32)28-2)17-21-11-13-23(14-12-21)22-9-6-5-7-10-22/h5-7,9-14H,8,15-19H2,1-4H3,(H,28,32)/t27-/m0/s1. The highest BCUT2D eigenvalue weighted by Crippen LogP contribution is 2.36. The van der Waals surface area contributed by atoms with Crippen molar-refractivity contribution >= 4 is 5.91 Å². The largest absolute Gasteiger partial charge is 0.481 e. The van der Waals surface area contributed by atoms with Gasteiger partial charge in [0, 0.05) is 27.2 Å². The Hall–Kier alpha value is -3.12. The number of carbonyl (C=O) groups is 1. The van der Waals surface area contributed by atoms with Gasteiger partial charge < -0.3 is 10.1 Å². The van der Waals surface area contributed by atoms with Crippen molar-refractivity contribution in [1.29, 1.82) is 0 Å². The van der Waals surface area contributed by atoms with Gasteiger partial charge in [0.15, 0.2) is 0 Å². The number of piperidine rings is 1. The molecule has 1 amide bonds. The molecule has 1 aliphatic heterocycles. The van der Waals surface area contributed by atoms with Crippen LogP contribution in [0.25, 0.3) is 11.1 Å². The second-order valence-electron chi connectivity index (χ2n) is 9.11. The summed E-state index contributed by atoms with van der Waals surface area (Å²) < 4.78 is 7.38. The number of methoxy groups -OCH3 is 1. The number of likely N-dealkylation sites (tertiary alicyclic amines) is 1. The van der Waals surface area contributed by atoms with Crippen LogP contribution in [0.2, 0.25) is 0 Å². The molecule has 0 unspecified atom stereocenters. The third kappa shape index (κ3) is 4.81. The molecular weight excluding hydrogens is 412 g/mol. The molecule has 6 nitrogen and oxygen atoms in total. The highest BCUT2D eigenvalue weighted by atomic mass is 16.5. The first-order chi connectivity index (χ1) is 16.0. The van der Waals surface area contributed by atoms with E-state index in [9.17, 15) is 4.79 Å². The number of aryl methyl sites for hydroxylation is 2. The zero-order chi connectivity index (χ0) is 23.4. The molecule has 1 N–H and O–H groups in total. The van der Waals surface area contributed by atoms with Crippen molar-refractivity contribution in [3.8, 4) is 17.0 Å². The Morgan fingerprint density at radius 1 is 1.12 bits per heavy atom. The fraction of sp³-hybridized carbons (Fsp3) is 0.407. The van der Waals surface area contributed by atoms with Crippen LogP contribution in [-0.4, -0.2) is 47.8 Å². The summed E-state index contributed by atoms with van der Waals surface area (Å²) in [6, 6.07) is 19.0. The van der Waals surface area contributed by atoms with Crippen molar-refractivity contribution < 1.29 is 9.53 Å². The number of rotatable bonds is 7. The normalized spacial score (nSPS) is 18.8. The van der Waals surface area contributed by atoms with Crippen LogP contribution < -0.4 is 10.1 Å². The van der Waals surface area contributed by atoms with Gasteiger partial charge in [-0.3, -0.25) is 9.69 Å². The minimum atomic E-state index is -0.454. The minimum Gasteiger partial charge on any atom is -0.481 e. The van der Waals surface area contributed by atoms with E-state index in [1.54, 1.807) is 18.8 Å². The van der Waals surface area contributed by atoms with Crippen LogP contribution >= 0.6 is 0 Å². The molecule has 1 fully saturated rings. The number of nitrogens with zero attached hydrogens (tertiary/aromatic N) is 3. The number of carbonyl (C=O) groups excluding carboxylic acids is 1. The molecule has 1 atom stereocenters. The second-order valence-corrected chi connectivity index (χ2v) is 9.11. The van der Waals surface area contributed by atoms with E-state index in [0.717, 1.165) is 49.5 Å². The van der Waals surface area contributed by atoms with Crippen LogP contribution in [0.5, 0.6) is 5.88 Å². The van der Waals surface area contributed by atoms with Gasteiger partial charge in [-0.1, -0.05) is 54.6 Å². The summed E-state index contributed by atoms with van der Waals surface area (Å²) >= 11 is 0. The predicted octanol–water partition coefficient (Wildman–Crippen LogP) is 3.98. The molecule has 1 saturated heterocycles. The fourth-order valence-electron chi connectivity index (χ4n) is 5.22. The molecule has 174 valence electrons. The van der Waals surface area contributed by atoms with Crippen LogP contribution in [-0.2, 0) is 24.8 Å². The van der Waals surface area contributed by atoms with Gasteiger partial charge >= 0.3 is 0 Å². The van der Waals surface area contributed by atoms with E-state index in [1.165, 1.54) is 16.7 Å². The van der Waals surface area contributed by atoms with Gasteiger partial charge in [0.25, 0.3) is 0 Å². The molecule has 6 heteroatoms. The first-order valence-electron chi connectivity index (χ1n) is 11.6. The minimum absolute atomic E-state index is 0.120. The summed E-state index contributed by atoms with van der Waals surface area (Å²) in [7, 11) is 5.33. The van der Waals surface area contributed by atoms with Crippen LogP contribution in [0.15, 0.2) is 54.6 Å². The lowest BCUT2D eigenvalue weighted by Crippen LogP contribution is -2.52. The second kappa shape index (κ2) is 9.79. The van der Waals surface area contributed by atoms with Gasteiger partial charge in [0.2, 0.25) is 11.8 Å². The van der Waals surface area contributed by atoms with Gasteiger partial charge in [0.05, 0.1) is 23.8 Å². The molecule has 0 radical (unpaired) electrons. The first-order valence-corrected chi connectivity index (χ1v) is 11.6. The van der Waals surface area contributed by atoms with Crippen molar-refractivity contribution in [3.63, 3.8) is 0 Å². The Morgan fingerprint density at radius 3 is 2.48 bits per heavy atom. The van der Waals surface area contributed by atoms with Crippen LogP contribution in [0, 0.1) is 12.3 Å². The number of ether oxygens (including phenoxy) is 1. The zero-order valence-electron chi connectivity index (χ0n) is 20.1. The smallest absolute Gasteiger partial charge is 0.227 e. The van der Waals surface area contributed by atoms with Gasteiger partial charge in [-0.25, -0.2) is 4.68 Å². The topological polar surface area (TPSA) is 59.4 Å². The summed E-state index contributed by atoms with van der Waals surface area (Å²) in [6.45, 7) is 4.42. The molecule has 2 aromatic carbocycles. The summed E-state index contributed by atoms with van der Waals surface area (Å²) in [5, 5.41) is 7.47. The average Bonchev–Trinajstić information content (AvgIpc) is 3.11. The van der Waals surface area contributed by atoms with Crippen LogP contribution in [0.4, 0.5) is 0 Å². The summed E-state index contributed by atoms with van der Waals surface area (Å²) in [5.41, 5.74) is 5.20. The molecule has 0 bridgehead atoms. The monoisotopic (exact) mass is 446 g/mol. The molecule has 0 spiro atoms. The van der Waals surface area contributed by atoms with E-state index in [-0.39, 0.29) is 5.91 Å². The van der Waals surface area contributed by atoms with E-state index < -0.39 is 5.41 Å². The molecule has 1 aliphatic rings. The number of hydrogen-bond donors (Lipinski definition) is 1. The average molecular weight is 447 g/mol. The van der Waals surface area contributed by atoms with E-state index in [1.807, 2.05) is 20.0 Å². The van der Waals surface area contributed by atoms with Crippen LogP contribution in [0.1, 0.15) is 29.7 Å². The van der Waals surface area contributed by atoms with Gasteiger partial charge in [-0.05, 0) is 49.4 Å². The highest BCUT2D eigenvalue weighted by molar-refractivity contribution is 5.83. The molecule has 33 heavy (non-hydrogen) atoms.